The SMILES string of the molecule is COc1ccc(C2CC3C(=O)N(Cc4nc(-c5ccccc5)oc4C)C=CN3N2)cc1. The second-order valence-corrected chi connectivity index (χ2v) is 7.77. The first-order valence-electron chi connectivity index (χ1n) is 10.3. The number of hydrazine groups is 1. The van der Waals surface area contributed by atoms with E-state index < -0.39 is 0 Å². The first kappa shape index (κ1) is 19.4. The van der Waals surface area contributed by atoms with Crippen LogP contribution in [0.1, 0.15) is 29.5 Å². The fourth-order valence-electron chi connectivity index (χ4n) is 4.06. The molecular formula is C24H24N4O3. The molecule has 158 valence electrons. The van der Waals surface area contributed by atoms with Crippen molar-refractivity contribution in [1.29, 1.82) is 0 Å². The average molecular weight is 416 g/mol. The number of hydrogen-bond acceptors (Lipinski definition) is 6. The molecule has 7 nitrogen and oxygen atoms in total. The fourth-order valence-corrected chi connectivity index (χ4v) is 4.06. The average Bonchev–Trinajstić information content (AvgIpc) is 3.41. The molecular weight excluding hydrogens is 392 g/mol. The monoisotopic (exact) mass is 416 g/mol. The minimum absolute atomic E-state index is 0.0506. The summed E-state index contributed by atoms with van der Waals surface area (Å²) in [5, 5.41) is 1.90. The molecule has 2 atom stereocenters. The zero-order valence-corrected chi connectivity index (χ0v) is 17.5. The molecule has 0 radical (unpaired) electrons. The van der Waals surface area contributed by atoms with Gasteiger partial charge in [-0.2, -0.15) is 0 Å². The summed E-state index contributed by atoms with van der Waals surface area (Å²) in [4.78, 5) is 19.5. The highest BCUT2D eigenvalue weighted by molar-refractivity contribution is 5.84. The van der Waals surface area contributed by atoms with Gasteiger partial charge in [0.1, 0.15) is 23.2 Å². The van der Waals surface area contributed by atoms with E-state index in [0.29, 0.717) is 18.9 Å². The van der Waals surface area contributed by atoms with E-state index in [1.165, 1.54) is 0 Å². The van der Waals surface area contributed by atoms with Crippen molar-refractivity contribution in [3.63, 3.8) is 0 Å². The molecule has 2 aliphatic heterocycles. The maximum Gasteiger partial charge on any atom is 0.251 e. The molecule has 3 heterocycles. The van der Waals surface area contributed by atoms with Crippen LogP contribution in [0.5, 0.6) is 5.75 Å². The van der Waals surface area contributed by atoms with Crippen LogP contribution < -0.4 is 10.2 Å². The van der Waals surface area contributed by atoms with E-state index in [9.17, 15) is 4.79 Å². The number of carbonyl (C=O) groups excluding carboxylic acids is 1. The summed E-state index contributed by atoms with van der Waals surface area (Å²) in [6, 6.07) is 17.5. The van der Waals surface area contributed by atoms with Crippen molar-refractivity contribution < 1.29 is 13.9 Å². The van der Waals surface area contributed by atoms with Gasteiger partial charge in [-0.15, -0.1) is 0 Å². The standard InChI is InChI=1S/C24H24N4O3/c1-16-21(25-23(31-16)18-6-4-3-5-7-18)15-27-12-13-28-22(24(27)29)14-20(26-28)17-8-10-19(30-2)11-9-17/h3-13,20,22,26H,14-15H2,1-2H3. The molecule has 1 saturated heterocycles. The van der Waals surface area contributed by atoms with Crippen molar-refractivity contribution >= 4 is 5.91 Å². The maximum absolute atomic E-state index is 13.2. The molecule has 0 saturated carbocycles. The van der Waals surface area contributed by atoms with Crippen LogP contribution in [0, 0.1) is 6.92 Å². The highest BCUT2D eigenvalue weighted by atomic mass is 16.5. The molecule has 7 heteroatoms. The van der Waals surface area contributed by atoms with Gasteiger partial charge in [0.15, 0.2) is 0 Å². The third-order valence-electron chi connectivity index (χ3n) is 5.83. The normalized spacial score (nSPS) is 20.3. The van der Waals surface area contributed by atoms with Crippen molar-refractivity contribution in [3.8, 4) is 17.2 Å². The van der Waals surface area contributed by atoms with Gasteiger partial charge < -0.3 is 19.1 Å². The predicted octanol–water partition coefficient (Wildman–Crippen LogP) is 3.79. The lowest BCUT2D eigenvalue weighted by Gasteiger charge is -2.31. The van der Waals surface area contributed by atoms with Crippen LogP contribution in [-0.2, 0) is 11.3 Å². The Morgan fingerprint density at radius 2 is 1.90 bits per heavy atom. The largest absolute Gasteiger partial charge is 0.497 e. The van der Waals surface area contributed by atoms with Crippen molar-refractivity contribution in [1.82, 2.24) is 20.3 Å². The summed E-state index contributed by atoms with van der Waals surface area (Å²) in [5.41, 5.74) is 6.24. The summed E-state index contributed by atoms with van der Waals surface area (Å²) in [6.45, 7) is 2.27. The van der Waals surface area contributed by atoms with E-state index in [-0.39, 0.29) is 18.0 Å². The number of ether oxygens (including phenoxy) is 1. The minimum atomic E-state index is -0.252. The Labute approximate surface area is 180 Å². The topological polar surface area (TPSA) is 70.8 Å². The number of rotatable bonds is 5. The Kier molecular flexibility index (Phi) is 4.95. The number of oxazole rings is 1. The van der Waals surface area contributed by atoms with Gasteiger partial charge in [0.05, 0.1) is 19.7 Å². The van der Waals surface area contributed by atoms with Gasteiger partial charge >= 0.3 is 0 Å². The lowest BCUT2D eigenvalue weighted by atomic mass is 10.0. The number of aryl methyl sites for hydroxylation is 1. The summed E-state index contributed by atoms with van der Waals surface area (Å²) >= 11 is 0. The molecule has 1 N–H and O–H groups in total. The zero-order valence-electron chi connectivity index (χ0n) is 17.5. The van der Waals surface area contributed by atoms with Crippen LogP contribution in [0.25, 0.3) is 11.5 Å². The van der Waals surface area contributed by atoms with Crippen LogP contribution in [0.4, 0.5) is 0 Å². The van der Waals surface area contributed by atoms with Crippen molar-refractivity contribution in [2.75, 3.05) is 7.11 Å². The van der Waals surface area contributed by atoms with Crippen LogP contribution in [0.15, 0.2) is 71.4 Å². The zero-order chi connectivity index (χ0) is 21.4. The van der Waals surface area contributed by atoms with Crippen LogP contribution in [0.2, 0.25) is 0 Å². The van der Waals surface area contributed by atoms with E-state index in [2.05, 4.69) is 10.4 Å². The lowest BCUT2D eigenvalue weighted by Crippen LogP contribution is -2.47. The van der Waals surface area contributed by atoms with Crippen molar-refractivity contribution in [2.45, 2.75) is 32.0 Å². The molecule has 0 aliphatic carbocycles. The number of hydrogen-bond donors (Lipinski definition) is 1. The number of aromatic nitrogens is 1. The highest BCUT2D eigenvalue weighted by Gasteiger charge is 2.40. The van der Waals surface area contributed by atoms with Gasteiger partial charge in [-0.05, 0) is 43.2 Å². The quantitative estimate of drug-likeness (QED) is 0.682. The van der Waals surface area contributed by atoms with E-state index in [1.807, 2.05) is 72.7 Å². The molecule has 1 amide bonds. The van der Waals surface area contributed by atoms with Gasteiger partial charge in [-0.1, -0.05) is 30.3 Å². The van der Waals surface area contributed by atoms with Crippen LogP contribution >= 0.6 is 0 Å². The number of carbonyl (C=O) groups is 1. The summed E-state index contributed by atoms with van der Waals surface area (Å²) in [7, 11) is 1.65. The molecule has 1 aromatic heterocycles. The Morgan fingerprint density at radius 1 is 1.13 bits per heavy atom. The van der Waals surface area contributed by atoms with Gasteiger partial charge in [0, 0.05) is 18.0 Å². The molecule has 2 aromatic carbocycles. The second-order valence-electron chi connectivity index (χ2n) is 7.77. The van der Waals surface area contributed by atoms with E-state index >= 15 is 0 Å². The molecule has 2 aliphatic rings. The number of nitrogens with zero attached hydrogens (tertiary/aromatic N) is 3. The third-order valence-corrected chi connectivity index (χ3v) is 5.83. The number of nitrogens with one attached hydrogen (secondary N) is 1. The Morgan fingerprint density at radius 3 is 2.65 bits per heavy atom. The Bertz CT molecular complexity index is 1110. The summed E-state index contributed by atoms with van der Waals surface area (Å²) < 4.78 is 11.1. The van der Waals surface area contributed by atoms with E-state index in [1.54, 1.807) is 18.2 Å². The second kappa shape index (κ2) is 7.92. The van der Waals surface area contributed by atoms with Crippen molar-refractivity contribution in [3.05, 3.63) is 84.0 Å². The molecule has 0 bridgehead atoms. The minimum Gasteiger partial charge on any atom is -0.497 e. The number of benzene rings is 2. The number of methoxy groups -OCH3 is 1. The third kappa shape index (κ3) is 3.68. The first-order chi connectivity index (χ1) is 15.1. The Balaban J connectivity index is 1.30. The molecule has 3 aromatic rings. The van der Waals surface area contributed by atoms with Gasteiger partial charge in [0.2, 0.25) is 5.89 Å². The fraction of sp³-hybridized carbons (Fsp3) is 0.250. The van der Waals surface area contributed by atoms with E-state index in [0.717, 1.165) is 28.3 Å². The van der Waals surface area contributed by atoms with Crippen molar-refractivity contribution in [2.24, 2.45) is 0 Å². The van der Waals surface area contributed by atoms with Gasteiger partial charge in [-0.25, -0.2) is 10.4 Å². The van der Waals surface area contributed by atoms with Gasteiger partial charge in [-0.3, -0.25) is 4.79 Å². The first-order valence-corrected chi connectivity index (χ1v) is 10.3. The summed E-state index contributed by atoms with van der Waals surface area (Å²) in [6.07, 6.45) is 4.42. The smallest absolute Gasteiger partial charge is 0.251 e. The van der Waals surface area contributed by atoms with E-state index in [4.69, 9.17) is 9.15 Å². The highest BCUT2D eigenvalue weighted by Crippen LogP contribution is 2.32. The lowest BCUT2D eigenvalue weighted by molar-refractivity contribution is -0.135. The molecule has 2 unspecified atom stereocenters. The number of amides is 1. The summed E-state index contributed by atoms with van der Waals surface area (Å²) in [5.74, 6) is 2.17. The molecule has 31 heavy (non-hydrogen) atoms. The molecule has 5 rings (SSSR count). The Hall–Kier alpha value is -3.58. The number of fused-ring (bicyclic) bond motifs is 1. The van der Waals surface area contributed by atoms with Crippen LogP contribution in [-0.4, -0.2) is 34.0 Å². The van der Waals surface area contributed by atoms with Gasteiger partial charge in [0.25, 0.3) is 5.91 Å². The molecule has 0 spiro atoms. The maximum atomic E-state index is 13.2. The predicted molar refractivity (Wildman–Crippen MR) is 115 cm³/mol. The molecule has 1 fully saturated rings. The van der Waals surface area contributed by atoms with Crippen LogP contribution in [0.3, 0.4) is 0 Å².